The van der Waals surface area contributed by atoms with Crippen molar-refractivity contribution >= 4 is 34.2 Å². The number of amides is 1. The maximum absolute atomic E-state index is 13.2. The number of alkyl halides is 3. The molecule has 160 valence electrons. The number of hydrogen-bond acceptors (Lipinski definition) is 5. The zero-order chi connectivity index (χ0) is 21.8. The Balaban J connectivity index is 1.57. The van der Waals surface area contributed by atoms with E-state index in [2.05, 4.69) is 25.6 Å². The number of aromatic amines is 1. The Morgan fingerprint density at radius 3 is 2.74 bits per heavy atom. The van der Waals surface area contributed by atoms with Crippen LogP contribution in [0.5, 0.6) is 0 Å². The summed E-state index contributed by atoms with van der Waals surface area (Å²) in [7, 11) is 0. The molecule has 0 spiro atoms. The molecule has 1 amide bonds. The van der Waals surface area contributed by atoms with Crippen molar-refractivity contribution in [1.82, 2.24) is 20.3 Å². The summed E-state index contributed by atoms with van der Waals surface area (Å²) in [6.07, 6.45) is -2.92. The van der Waals surface area contributed by atoms with Crippen molar-refractivity contribution in [2.45, 2.75) is 25.2 Å². The van der Waals surface area contributed by atoms with Gasteiger partial charge in [-0.2, -0.15) is 13.2 Å². The number of carbonyl (C=O) groups is 1. The van der Waals surface area contributed by atoms with Crippen LogP contribution in [-0.4, -0.2) is 20.9 Å². The number of aromatic nitrogens is 3. The number of anilines is 1. The Labute approximate surface area is 179 Å². The standard InChI is InChI=1S/C21H18F3N5OS/c22-21(23,24)14-5-3-4-13(10-14)17(11-18(30)26-12-19-25-8-9-31-19)29-20-27-15-6-1-2-7-16(15)28-20/h1-10,17H,11-12H2,(H,26,30)(H2,27,28,29). The fourth-order valence-electron chi connectivity index (χ4n) is 3.14. The minimum absolute atomic E-state index is 0.0796. The highest BCUT2D eigenvalue weighted by Gasteiger charge is 2.31. The molecule has 0 bridgehead atoms. The fourth-order valence-corrected chi connectivity index (χ4v) is 3.70. The summed E-state index contributed by atoms with van der Waals surface area (Å²) in [5.74, 6) is 0.0533. The third-order valence-electron chi connectivity index (χ3n) is 4.63. The molecule has 0 aliphatic rings. The first-order valence-electron chi connectivity index (χ1n) is 9.42. The van der Waals surface area contributed by atoms with Crippen LogP contribution in [0.2, 0.25) is 0 Å². The Morgan fingerprint density at radius 1 is 1.16 bits per heavy atom. The third-order valence-corrected chi connectivity index (χ3v) is 5.41. The number of nitrogens with zero attached hydrogens (tertiary/aromatic N) is 2. The topological polar surface area (TPSA) is 82.7 Å². The monoisotopic (exact) mass is 445 g/mol. The molecule has 0 fully saturated rings. The van der Waals surface area contributed by atoms with E-state index in [0.717, 1.165) is 22.7 Å². The zero-order valence-electron chi connectivity index (χ0n) is 16.1. The van der Waals surface area contributed by atoms with Gasteiger partial charge in [0.25, 0.3) is 0 Å². The van der Waals surface area contributed by atoms with Crippen molar-refractivity contribution in [3.63, 3.8) is 0 Å². The summed E-state index contributed by atoms with van der Waals surface area (Å²) in [6, 6.07) is 11.6. The van der Waals surface area contributed by atoms with Crippen molar-refractivity contribution < 1.29 is 18.0 Å². The van der Waals surface area contributed by atoms with Crippen LogP contribution in [0.3, 0.4) is 0 Å². The lowest BCUT2D eigenvalue weighted by atomic mass is 10.0. The first kappa shape index (κ1) is 20.9. The predicted octanol–water partition coefficient (Wildman–Crippen LogP) is 4.90. The zero-order valence-corrected chi connectivity index (χ0v) is 16.9. The molecule has 2 heterocycles. The number of hydrogen-bond donors (Lipinski definition) is 3. The molecule has 31 heavy (non-hydrogen) atoms. The Bertz CT molecular complexity index is 1140. The van der Waals surface area contributed by atoms with Gasteiger partial charge in [-0.25, -0.2) is 9.97 Å². The quantitative estimate of drug-likeness (QED) is 0.378. The lowest BCUT2D eigenvalue weighted by Crippen LogP contribution is -2.27. The van der Waals surface area contributed by atoms with Crippen LogP contribution in [0.1, 0.15) is 28.6 Å². The summed E-state index contributed by atoms with van der Waals surface area (Å²) in [5, 5.41) is 8.38. The molecule has 4 rings (SSSR count). The molecule has 0 saturated heterocycles. The van der Waals surface area contributed by atoms with Gasteiger partial charge >= 0.3 is 6.18 Å². The highest BCUT2D eigenvalue weighted by molar-refractivity contribution is 7.09. The molecule has 1 atom stereocenters. The molecule has 0 aliphatic carbocycles. The van der Waals surface area contributed by atoms with Gasteiger partial charge in [-0.05, 0) is 29.8 Å². The number of halogens is 3. The second kappa shape index (κ2) is 8.76. The summed E-state index contributed by atoms with van der Waals surface area (Å²) in [6.45, 7) is 0.260. The molecular formula is C21H18F3N5OS. The Morgan fingerprint density at radius 2 is 2.00 bits per heavy atom. The number of carbonyl (C=O) groups excluding carboxylic acids is 1. The van der Waals surface area contributed by atoms with Crippen LogP contribution in [0.15, 0.2) is 60.1 Å². The molecular weight excluding hydrogens is 427 g/mol. The van der Waals surface area contributed by atoms with E-state index in [0.29, 0.717) is 17.0 Å². The second-order valence-electron chi connectivity index (χ2n) is 6.83. The molecule has 3 N–H and O–H groups in total. The number of imidazole rings is 1. The van der Waals surface area contributed by atoms with Crippen LogP contribution in [0.25, 0.3) is 11.0 Å². The van der Waals surface area contributed by atoms with Crippen molar-refractivity contribution in [2.24, 2.45) is 0 Å². The highest BCUT2D eigenvalue weighted by Crippen LogP contribution is 2.32. The van der Waals surface area contributed by atoms with E-state index in [4.69, 9.17) is 0 Å². The summed E-state index contributed by atoms with van der Waals surface area (Å²) >= 11 is 1.41. The van der Waals surface area contributed by atoms with E-state index >= 15 is 0 Å². The Kier molecular flexibility index (Phi) is 5.90. The van der Waals surface area contributed by atoms with E-state index in [1.54, 1.807) is 17.6 Å². The van der Waals surface area contributed by atoms with Crippen molar-refractivity contribution in [1.29, 1.82) is 0 Å². The van der Waals surface area contributed by atoms with Crippen molar-refractivity contribution in [2.75, 3.05) is 5.32 Å². The molecule has 0 aliphatic heterocycles. The maximum atomic E-state index is 13.2. The van der Waals surface area contributed by atoms with Gasteiger partial charge in [0.05, 0.1) is 35.6 Å². The third kappa shape index (κ3) is 5.21. The van der Waals surface area contributed by atoms with Gasteiger partial charge in [0.15, 0.2) is 0 Å². The number of rotatable bonds is 7. The molecule has 6 nitrogen and oxygen atoms in total. The average molecular weight is 445 g/mol. The molecule has 0 radical (unpaired) electrons. The maximum Gasteiger partial charge on any atom is 0.416 e. The number of benzene rings is 2. The summed E-state index contributed by atoms with van der Waals surface area (Å²) in [5.41, 5.74) is 1.05. The van der Waals surface area contributed by atoms with Crippen LogP contribution in [0, 0.1) is 0 Å². The molecule has 1 unspecified atom stereocenters. The lowest BCUT2D eigenvalue weighted by molar-refractivity contribution is -0.137. The van der Waals surface area contributed by atoms with Crippen LogP contribution in [0.4, 0.5) is 19.1 Å². The fraction of sp³-hybridized carbons (Fsp3) is 0.190. The van der Waals surface area contributed by atoms with Crippen LogP contribution < -0.4 is 10.6 Å². The van der Waals surface area contributed by atoms with E-state index in [9.17, 15) is 18.0 Å². The van der Waals surface area contributed by atoms with E-state index in [1.807, 2.05) is 24.3 Å². The first-order chi connectivity index (χ1) is 14.9. The number of para-hydroxylation sites is 2. The van der Waals surface area contributed by atoms with Gasteiger partial charge in [-0.15, -0.1) is 11.3 Å². The minimum atomic E-state index is -4.48. The van der Waals surface area contributed by atoms with Gasteiger partial charge in [0.1, 0.15) is 5.01 Å². The number of thiazole rings is 1. The molecule has 10 heteroatoms. The molecule has 2 aromatic heterocycles. The van der Waals surface area contributed by atoms with E-state index in [-0.39, 0.29) is 18.9 Å². The molecule has 0 saturated carbocycles. The van der Waals surface area contributed by atoms with Crippen LogP contribution in [-0.2, 0) is 17.5 Å². The van der Waals surface area contributed by atoms with Crippen molar-refractivity contribution in [3.8, 4) is 0 Å². The van der Waals surface area contributed by atoms with Gasteiger partial charge < -0.3 is 15.6 Å². The van der Waals surface area contributed by atoms with Crippen molar-refractivity contribution in [3.05, 3.63) is 76.2 Å². The smallest absolute Gasteiger partial charge is 0.350 e. The number of H-pyrrole nitrogens is 1. The lowest BCUT2D eigenvalue weighted by Gasteiger charge is -2.20. The van der Waals surface area contributed by atoms with Gasteiger partial charge in [0, 0.05) is 11.6 Å². The number of nitrogens with one attached hydrogen (secondary N) is 3. The first-order valence-corrected chi connectivity index (χ1v) is 10.3. The van der Waals surface area contributed by atoms with Gasteiger partial charge in [-0.3, -0.25) is 4.79 Å². The molecule has 2 aromatic carbocycles. The minimum Gasteiger partial charge on any atom is -0.350 e. The van der Waals surface area contributed by atoms with Gasteiger partial charge in [-0.1, -0.05) is 24.3 Å². The second-order valence-corrected chi connectivity index (χ2v) is 7.81. The SMILES string of the molecule is O=C(CC(Nc1nc2ccccc2[nH]1)c1cccc(C(F)(F)F)c1)NCc1nccs1. The molecule has 4 aromatic rings. The predicted molar refractivity (Wildman–Crippen MR) is 112 cm³/mol. The van der Waals surface area contributed by atoms with Crippen LogP contribution >= 0.6 is 11.3 Å². The highest BCUT2D eigenvalue weighted by atomic mass is 32.1. The largest absolute Gasteiger partial charge is 0.416 e. The average Bonchev–Trinajstić information content (AvgIpc) is 3.40. The Hall–Kier alpha value is -3.40. The van der Waals surface area contributed by atoms with E-state index < -0.39 is 17.8 Å². The summed E-state index contributed by atoms with van der Waals surface area (Å²) in [4.78, 5) is 24.1. The van der Waals surface area contributed by atoms with E-state index in [1.165, 1.54) is 17.4 Å². The normalized spacial score (nSPS) is 12.6. The number of fused-ring (bicyclic) bond motifs is 1. The van der Waals surface area contributed by atoms with Gasteiger partial charge in [0.2, 0.25) is 11.9 Å². The summed E-state index contributed by atoms with van der Waals surface area (Å²) < 4.78 is 39.6.